The number of nitrogens with one attached hydrogen (secondary N) is 3. The SMILES string of the molecule is CCC(C)C(N)C(=O)NCC(=O)NC(C(=O)NC(CO)C(=O)O)C(C)O. The zero-order valence-corrected chi connectivity index (χ0v) is 15.1. The zero-order chi connectivity index (χ0) is 20.4. The van der Waals surface area contributed by atoms with E-state index >= 15 is 0 Å². The van der Waals surface area contributed by atoms with Crippen molar-refractivity contribution in [1.29, 1.82) is 0 Å². The van der Waals surface area contributed by atoms with E-state index in [2.05, 4.69) is 10.6 Å². The smallest absolute Gasteiger partial charge is 0.328 e. The van der Waals surface area contributed by atoms with Gasteiger partial charge in [-0.2, -0.15) is 0 Å². The molecule has 8 N–H and O–H groups in total. The lowest BCUT2D eigenvalue weighted by molar-refractivity contribution is -0.144. The summed E-state index contributed by atoms with van der Waals surface area (Å²) in [6, 6.07) is -3.82. The fraction of sp³-hybridized carbons (Fsp3) is 0.733. The lowest BCUT2D eigenvalue weighted by atomic mass is 9.99. The number of aliphatic hydroxyl groups excluding tert-OH is 2. The third kappa shape index (κ3) is 7.76. The van der Waals surface area contributed by atoms with E-state index in [1.165, 1.54) is 6.92 Å². The third-order valence-corrected chi connectivity index (χ3v) is 3.86. The van der Waals surface area contributed by atoms with Crippen LogP contribution in [0.3, 0.4) is 0 Å². The van der Waals surface area contributed by atoms with Crippen molar-refractivity contribution in [2.24, 2.45) is 11.7 Å². The van der Waals surface area contributed by atoms with Gasteiger partial charge in [0.15, 0.2) is 0 Å². The van der Waals surface area contributed by atoms with Gasteiger partial charge in [0.25, 0.3) is 0 Å². The summed E-state index contributed by atoms with van der Waals surface area (Å²) in [6.07, 6.45) is -0.661. The Hall–Kier alpha value is -2.24. The van der Waals surface area contributed by atoms with Crippen LogP contribution in [0.15, 0.2) is 0 Å². The molecule has 0 aromatic carbocycles. The topological polar surface area (TPSA) is 191 Å². The predicted molar refractivity (Wildman–Crippen MR) is 90.7 cm³/mol. The summed E-state index contributed by atoms with van der Waals surface area (Å²) < 4.78 is 0. The number of hydrogen-bond acceptors (Lipinski definition) is 7. The number of aliphatic carboxylic acids is 1. The fourth-order valence-corrected chi connectivity index (χ4v) is 1.87. The van der Waals surface area contributed by atoms with Gasteiger partial charge in [-0.05, 0) is 12.8 Å². The first-order valence-corrected chi connectivity index (χ1v) is 8.19. The van der Waals surface area contributed by atoms with E-state index in [0.29, 0.717) is 6.42 Å². The Bertz CT molecular complexity index is 512. The van der Waals surface area contributed by atoms with E-state index in [0.717, 1.165) is 0 Å². The number of aliphatic hydroxyl groups is 2. The molecular formula is C15H28N4O7. The summed E-state index contributed by atoms with van der Waals surface area (Å²) in [5.41, 5.74) is 5.73. The lowest BCUT2D eigenvalue weighted by Gasteiger charge is -2.23. The minimum atomic E-state index is -1.58. The Balaban J connectivity index is 4.71. The maximum atomic E-state index is 12.0. The van der Waals surface area contributed by atoms with Gasteiger partial charge in [-0.1, -0.05) is 20.3 Å². The molecule has 0 heterocycles. The van der Waals surface area contributed by atoms with Crippen LogP contribution in [0.4, 0.5) is 0 Å². The average molecular weight is 376 g/mol. The largest absolute Gasteiger partial charge is 0.480 e. The van der Waals surface area contributed by atoms with Crippen molar-refractivity contribution in [3.63, 3.8) is 0 Å². The molecule has 0 radical (unpaired) electrons. The molecule has 0 saturated heterocycles. The van der Waals surface area contributed by atoms with Gasteiger partial charge in [0.05, 0.1) is 25.3 Å². The molecule has 0 aromatic heterocycles. The van der Waals surface area contributed by atoms with Crippen molar-refractivity contribution < 1.29 is 34.5 Å². The number of carbonyl (C=O) groups is 4. The Labute approximate surface area is 151 Å². The summed E-state index contributed by atoms with van der Waals surface area (Å²) in [4.78, 5) is 46.5. The molecule has 3 amide bonds. The van der Waals surface area contributed by atoms with E-state index in [1.807, 2.05) is 12.2 Å². The predicted octanol–water partition coefficient (Wildman–Crippen LogP) is -3.10. The van der Waals surface area contributed by atoms with Crippen LogP contribution >= 0.6 is 0 Å². The molecule has 11 heteroatoms. The van der Waals surface area contributed by atoms with Crippen molar-refractivity contribution in [3.05, 3.63) is 0 Å². The normalized spacial score (nSPS) is 16.5. The molecule has 0 aliphatic heterocycles. The molecule has 5 unspecified atom stereocenters. The number of hydrogen-bond donors (Lipinski definition) is 7. The molecule has 0 bridgehead atoms. The number of carboxylic acids is 1. The minimum absolute atomic E-state index is 0.0829. The first-order valence-electron chi connectivity index (χ1n) is 8.19. The maximum absolute atomic E-state index is 12.0. The Morgan fingerprint density at radius 3 is 2.08 bits per heavy atom. The van der Waals surface area contributed by atoms with Gasteiger partial charge < -0.3 is 37.0 Å². The van der Waals surface area contributed by atoms with Crippen molar-refractivity contribution in [2.45, 2.75) is 51.4 Å². The molecule has 0 rings (SSSR count). The summed E-state index contributed by atoms with van der Waals surface area (Å²) >= 11 is 0. The molecule has 0 saturated carbocycles. The Kier molecular flexibility index (Phi) is 10.4. The highest BCUT2D eigenvalue weighted by molar-refractivity contribution is 5.92. The number of carboxylic acid groups (broad SMARTS) is 1. The lowest BCUT2D eigenvalue weighted by Crippen LogP contribution is -2.58. The zero-order valence-electron chi connectivity index (χ0n) is 15.1. The molecule has 0 aromatic rings. The maximum Gasteiger partial charge on any atom is 0.328 e. The molecule has 5 atom stereocenters. The molecule has 0 aliphatic carbocycles. The second-order valence-corrected chi connectivity index (χ2v) is 6.00. The summed E-state index contributed by atoms with van der Waals surface area (Å²) in [7, 11) is 0. The van der Waals surface area contributed by atoms with E-state index in [1.54, 1.807) is 6.92 Å². The third-order valence-electron chi connectivity index (χ3n) is 3.86. The van der Waals surface area contributed by atoms with Crippen LogP contribution in [0.25, 0.3) is 0 Å². The summed E-state index contributed by atoms with van der Waals surface area (Å²) in [6.45, 7) is 3.55. The van der Waals surface area contributed by atoms with E-state index < -0.39 is 61.1 Å². The van der Waals surface area contributed by atoms with Gasteiger partial charge in [-0.15, -0.1) is 0 Å². The second kappa shape index (κ2) is 11.4. The molecule has 0 fully saturated rings. The van der Waals surface area contributed by atoms with Gasteiger partial charge >= 0.3 is 5.97 Å². The Morgan fingerprint density at radius 1 is 1.08 bits per heavy atom. The first-order chi connectivity index (χ1) is 12.0. The van der Waals surface area contributed by atoms with E-state index in [4.69, 9.17) is 15.9 Å². The highest BCUT2D eigenvalue weighted by Crippen LogP contribution is 2.04. The molecule has 26 heavy (non-hydrogen) atoms. The standard InChI is InChI=1S/C15H28N4O7/c1-4-7(2)11(16)13(23)17-5-10(22)19-12(8(3)21)14(24)18-9(6-20)15(25)26/h7-9,11-12,20-21H,4-6,16H2,1-3H3,(H,17,23)(H,18,24)(H,19,22)(H,25,26). The van der Waals surface area contributed by atoms with Crippen LogP contribution in [0, 0.1) is 5.92 Å². The summed E-state index contributed by atoms with van der Waals surface area (Å²) in [5.74, 6) is -3.84. The number of nitrogens with two attached hydrogens (primary N) is 1. The summed E-state index contributed by atoms with van der Waals surface area (Å²) in [5, 5.41) is 33.8. The van der Waals surface area contributed by atoms with Gasteiger partial charge in [0.2, 0.25) is 17.7 Å². The van der Waals surface area contributed by atoms with Crippen molar-refractivity contribution >= 4 is 23.7 Å². The molecule has 11 nitrogen and oxygen atoms in total. The van der Waals surface area contributed by atoms with Crippen LogP contribution < -0.4 is 21.7 Å². The molecule has 0 spiro atoms. The number of rotatable bonds is 11. The van der Waals surface area contributed by atoms with E-state index in [9.17, 15) is 24.3 Å². The van der Waals surface area contributed by atoms with Crippen molar-refractivity contribution in [2.75, 3.05) is 13.2 Å². The van der Waals surface area contributed by atoms with Crippen LogP contribution in [-0.2, 0) is 19.2 Å². The van der Waals surface area contributed by atoms with Gasteiger partial charge in [-0.25, -0.2) is 4.79 Å². The van der Waals surface area contributed by atoms with Crippen LogP contribution in [0.2, 0.25) is 0 Å². The number of amides is 3. The van der Waals surface area contributed by atoms with Gasteiger partial charge in [-0.3, -0.25) is 14.4 Å². The average Bonchev–Trinajstić information content (AvgIpc) is 2.59. The molecular weight excluding hydrogens is 348 g/mol. The van der Waals surface area contributed by atoms with Crippen LogP contribution in [0.1, 0.15) is 27.2 Å². The first kappa shape index (κ1) is 23.8. The monoisotopic (exact) mass is 376 g/mol. The van der Waals surface area contributed by atoms with Crippen molar-refractivity contribution in [3.8, 4) is 0 Å². The van der Waals surface area contributed by atoms with Gasteiger partial charge in [0.1, 0.15) is 12.1 Å². The van der Waals surface area contributed by atoms with Crippen LogP contribution in [0.5, 0.6) is 0 Å². The second-order valence-electron chi connectivity index (χ2n) is 6.00. The van der Waals surface area contributed by atoms with Gasteiger partial charge in [0, 0.05) is 0 Å². The number of carbonyl (C=O) groups excluding carboxylic acids is 3. The highest BCUT2D eigenvalue weighted by atomic mass is 16.4. The van der Waals surface area contributed by atoms with Crippen LogP contribution in [-0.4, -0.2) is 76.4 Å². The van der Waals surface area contributed by atoms with E-state index in [-0.39, 0.29) is 5.92 Å². The highest BCUT2D eigenvalue weighted by Gasteiger charge is 2.29. The molecule has 0 aliphatic rings. The molecule has 150 valence electrons. The Morgan fingerprint density at radius 2 is 1.65 bits per heavy atom. The fourth-order valence-electron chi connectivity index (χ4n) is 1.87. The quantitative estimate of drug-likeness (QED) is 0.197. The van der Waals surface area contributed by atoms with Crippen molar-refractivity contribution in [1.82, 2.24) is 16.0 Å². The minimum Gasteiger partial charge on any atom is -0.480 e.